The number of carbonyl (C=O) groups is 1. The Labute approximate surface area is 115 Å². The van der Waals surface area contributed by atoms with Gasteiger partial charge in [-0.25, -0.2) is 0 Å². The number of hydrogen-bond acceptors (Lipinski definition) is 1. The molecule has 0 unspecified atom stereocenters. The van der Waals surface area contributed by atoms with E-state index in [1.54, 1.807) is 0 Å². The molecule has 2 rings (SSSR count). The van der Waals surface area contributed by atoms with Gasteiger partial charge in [-0.15, -0.1) is 0 Å². The van der Waals surface area contributed by atoms with Crippen LogP contribution in [0, 0.1) is 0 Å². The monoisotopic (exact) mass is 303 g/mol. The van der Waals surface area contributed by atoms with Gasteiger partial charge in [-0.2, -0.15) is 0 Å². The lowest BCUT2D eigenvalue weighted by Gasteiger charge is -2.05. The lowest BCUT2D eigenvalue weighted by molar-refractivity contribution is -0.116. The second-order valence-corrected chi connectivity index (χ2v) is 4.96. The molecule has 0 aromatic heterocycles. The Balaban J connectivity index is 1.86. The third-order valence-electron chi connectivity index (χ3n) is 2.59. The molecule has 2 aromatic carbocycles. The van der Waals surface area contributed by atoms with Crippen LogP contribution < -0.4 is 5.32 Å². The van der Waals surface area contributed by atoms with Gasteiger partial charge < -0.3 is 5.32 Å². The third kappa shape index (κ3) is 4.00. The van der Waals surface area contributed by atoms with Crippen molar-refractivity contribution >= 4 is 27.5 Å². The molecule has 0 fully saturated rings. The standard InChI is InChI=1S/C15H14BrNO/c16-13-7-4-8-14(11-13)17-15(18)10-9-12-5-2-1-3-6-12/h1-8,11H,9-10H2,(H,17,18). The summed E-state index contributed by atoms with van der Waals surface area (Å²) < 4.78 is 0.961. The van der Waals surface area contributed by atoms with Gasteiger partial charge in [-0.05, 0) is 30.2 Å². The van der Waals surface area contributed by atoms with Crippen LogP contribution in [-0.4, -0.2) is 5.91 Å². The van der Waals surface area contributed by atoms with E-state index < -0.39 is 0 Å². The Bertz CT molecular complexity index is 525. The Morgan fingerprint density at radius 2 is 1.83 bits per heavy atom. The first-order chi connectivity index (χ1) is 8.74. The van der Waals surface area contributed by atoms with E-state index in [0.717, 1.165) is 16.6 Å². The van der Waals surface area contributed by atoms with Gasteiger partial charge in [-0.3, -0.25) is 4.79 Å². The van der Waals surface area contributed by atoms with Crippen molar-refractivity contribution in [3.05, 3.63) is 64.6 Å². The molecule has 0 aliphatic carbocycles. The number of hydrogen-bond donors (Lipinski definition) is 1. The smallest absolute Gasteiger partial charge is 0.224 e. The number of carbonyl (C=O) groups excluding carboxylic acids is 1. The second-order valence-electron chi connectivity index (χ2n) is 4.04. The van der Waals surface area contributed by atoms with Crippen molar-refractivity contribution in [2.75, 3.05) is 5.32 Å². The zero-order valence-electron chi connectivity index (χ0n) is 9.90. The Morgan fingerprint density at radius 1 is 1.06 bits per heavy atom. The summed E-state index contributed by atoms with van der Waals surface area (Å²) >= 11 is 3.38. The average Bonchev–Trinajstić information content (AvgIpc) is 2.38. The minimum atomic E-state index is 0.0388. The molecule has 2 nitrogen and oxygen atoms in total. The van der Waals surface area contributed by atoms with Crippen molar-refractivity contribution in [2.24, 2.45) is 0 Å². The molecule has 0 aliphatic heterocycles. The van der Waals surface area contributed by atoms with E-state index in [9.17, 15) is 4.79 Å². The number of nitrogens with one attached hydrogen (secondary N) is 1. The topological polar surface area (TPSA) is 29.1 Å². The number of halogens is 1. The molecule has 0 aliphatic rings. The highest BCUT2D eigenvalue weighted by molar-refractivity contribution is 9.10. The molecular formula is C15H14BrNO. The summed E-state index contributed by atoms with van der Waals surface area (Å²) in [6.45, 7) is 0. The maximum Gasteiger partial charge on any atom is 0.224 e. The summed E-state index contributed by atoms with van der Waals surface area (Å²) in [6.07, 6.45) is 1.26. The molecule has 3 heteroatoms. The predicted octanol–water partition coefficient (Wildman–Crippen LogP) is 4.02. The van der Waals surface area contributed by atoms with Gasteiger partial charge in [0.1, 0.15) is 0 Å². The molecule has 1 N–H and O–H groups in total. The van der Waals surface area contributed by atoms with Crippen molar-refractivity contribution in [1.29, 1.82) is 0 Å². The summed E-state index contributed by atoms with van der Waals surface area (Å²) in [7, 11) is 0. The molecule has 0 saturated carbocycles. The first-order valence-corrected chi connectivity index (χ1v) is 6.63. The fourth-order valence-electron chi connectivity index (χ4n) is 1.69. The Kier molecular flexibility index (Phi) is 4.53. The van der Waals surface area contributed by atoms with Crippen LogP contribution in [0.15, 0.2) is 59.1 Å². The first kappa shape index (κ1) is 12.8. The SMILES string of the molecule is O=C(CCc1ccccc1)Nc1cccc(Br)c1. The number of aryl methyl sites for hydroxylation is 1. The predicted molar refractivity (Wildman–Crippen MR) is 77.5 cm³/mol. The summed E-state index contributed by atoms with van der Waals surface area (Å²) in [5, 5.41) is 2.88. The zero-order valence-corrected chi connectivity index (χ0v) is 11.5. The summed E-state index contributed by atoms with van der Waals surface area (Å²) in [5.74, 6) is 0.0388. The Hall–Kier alpha value is -1.61. The number of amides is 1. The van der Waals surface area contributed by atoms with Crippen LogP contribution in [0.3, 0.4) is 0 Å². The average molecular weight is 304 g/mol. The Morgan fingerprint density at radius 3 is 2.56 bits per heavy atom. The van der Waals surface area contributed by atoms with E-state index in [4.69, 9.17) is 0 Å². The van der Waals surface area contributed by atoms with Crippen molar-refractivity contribution in [3.63, 3.8) is 0 Å². The molecule has 0 spiro atoms. The first-order valence-electron chi connectivity index (χ1n) is 5.83. The molecule has 2 aromatic rings. The summed E-state index contributed by atoms with van der Waals surface area (Å²) in [6, 6.07) is 17.6. The van der Waals surface area contributed by atoms with Gasteiger partial charge in [0.2, 0.25) is 5.91 Å². The quantitative estimate of drug-likeness (QED) is 0.908. The maximum atomic E-state index is 11.8. The van der Waals surface area contributed by atoms with Crippen LogP contribution in [0.2, 0.25) is 0 Å². The molecule has 0 bridgehead atoms. The van der Waals surface area contributed by atoms with Crippen LogP contribution >= 0.6 is 15.9 Å². The highest BCUT2D eigenvalue weighted by atomic mass is 79.9. The van der Waals surface area contributed by atoms with E-state index >= 15 is 0 Å². The van der Waals surface area contributed by atoms with Crippen molar-refractivity contribution in [2.45, 2.75) is 12.8 Å². The molecule has 0 saturated heterocycles. The number of rotatable bonds is 4. The number of anilines is 1. The van der Waals surface area contributed by atoms with E-state index in [0.29, 0.717) is 6.42 Å². The van der Waals surface area contributed by atoms with Crippen LogP contribution in [0.25, 0.3) is 0 Å². The van der Waals surface area contributed by atoms with Crippen molar-refractivity contribution in [1.82, 2.24) is 0 Å². The van der Waals surface area contributed by atoms with Crippen molar-refractivity contribution in [3.8, 4) is 0 Å². The highest BCUT2D eigenvalue weighted by Crippen LogP contribution is 2.16. The number of benzene rings is 2. The normalized spacial score (nSPS) is 10.1. The van der Waals surface area contributed by atoms with Crippen molar-refractivity contribution < 1.29 is 4.79 Å². The minimum Gasteiger partial charge on any atom is -0.326 e. The van der Waals surface area contributed by atoms with Gasteiger partial charge in [0.25, 0.3) is 0 Å². The van der Waals surface area contributed by atoms with Crippen LogP contribution in [0.5, 0.6) is 0 Å². The van der Waals surface area contributed by atoms with Gasteiger partial charge >= 0.3 is 0 Å². The van der Waals surface area contributed by atoms with Gasteiger partial charge in [0.15, 0.2) is 0 Å². The van der Waals surface area contributed by atoms with E-state index in [1.165, 1.54) is 5.56 Å². The van der Waals surface area contributed by atoms with Crippen LogP contribution in [0.1, 0.15) is 12.0 Å². The maximum absolute atomic E-state index is 11.8. The van der Waals surface area contributed by atoms with Crippen LogP contribution in [0.4, 0.5) is 5.69 Å². The highest BCUT2D eigenvalue weighted by Gasteiger charge is 2.03. The van der Waals surface area contributed by atoms with E-state index in [1.807, 2.05) is 54.6 Å². The van der Waals surface area contributed by atoms with Crippen LogP contribution in [-0.2, 0) is 11.2 Å². The molecule has 0 radical (unpaired) electrons. The van der Waals surface area contributed by atoms with Gasteiger partial charge in [0, 0.05) is 16.6 Å². The molecule has 0 atom stereocenters. The van der Waals surface area contributed by atoms with Gasteiger partial charge in [0.05, 0.1) is 0 Å². The largest absolute Gasteiger partial charge is 0.326 e. The molecule has 1 amide bonds. The molecular weight excluding hydrogens is 290 g/mol. The molecule has 0 heterocycles. The zero-order chi connectivity index (χ0) is 12.8. The van der Waals surface area contributed by atoms with E-state index in [2.05, 4.69) is 21.2 Å². The molecule has 92 valence electrons. The summed E-state index contributed by atoms with van der Waals surface area (Å²) in [4.78, 5) is 11.8. The lowest BCUT2D eigenvalue weighted by atomic mass is 10.1. The molecule has 18 heavy (non-hydrogen) atoms. The third-order valence-corrected chi connectivity index (χ3v) is 3.09. The lowest BCUT2D eigenvalue weighted by Crippen LogP contribution is -2.12. The summed E-state index contributed by atoms with van der Waals surface area (Å²) in [5.41, 5.74) is 2.00. The second kappa shape index (κ2) is 6.36. The van der Waals surface area contributed by atoms with E-state index in [-0.39, 0.29) is 5.91 Å². The minimum absolute atomic E-state index is 0.0388. The fraction of sp³-hybridized carbons (Fsp3) is 0.133. The fourth-order valence-corrected chi connectivity index (χ4v) is 2.09. The van der Waals surface area contributed by atoms with Gasteiger partial charge in [-0.1, -0.05) is 52.3 Å².